The van der Waals surface area contributed by atoms with E-state index in [9.17, 15) is 18.0 Å². The highest BCUT2D eigenvalue weighted by atomic mass is 32.2. The molecule has 42 heavy (non-hydrogen) atoms. The Morgan fingerprint density at radius 3 is 2.50 bits per heavy atom. The Morgan fingerprint density at radius 1 is 1.07 bits per heavy atom. The van der Waals surface area contributed by atoms with Gasteiger partial charge in [-0.3, -0.25) is 14.7 Å². The van der Waals surface area contributed by atoms with Gasteiger partial charge in [0.05, 0.1) is 11.3 Å². The molecule has 1 aliphatic heterocycles. The number of hydrogen-bond donors (Lipinski definition) is 0. The van der Waals surface area contributed by atoms with Crippen molar-refractivity contribution in [2.45, 2.75) is 51.3 Å². The van der Waals surface area contributed by atoms with Crippen LogP contribution < -0.4 is 4.74 Å². The number of nitrogens with zero attached hydrogens (tertiary/aromatic N) is 3. The van der Waals surface area contributed by atoms with Gasteiger partial charge in [0.1, 0.15) is 29.4 Å². The Kier molecular flexibility index (Phi) is 8.34. The molecular formula is C31H33N3O6S2. The van der Waals surface area contributed by atoms with Gasteiger partial charge in [0, 0.05) is 46.9 Å². The summed E-state index contributed by atoms with van der Waals surface area (Å²) in [7, 11) is -3.76. The molecule has 11 heteroatoms. The molecule has 220 valence electrons. The summed E-state index contributed by atoms with van der Waals surface area (Å²) >= 11 is 1.44. The maximum absolute atomic E-state index is 14.2. The number of ether oxygens (including phenoxy) is 2. The molecule has 3 heterocycles. The number of carbonyl (C=O) groups is 2. The Balaban J connectivity index is 1.54. The van der Waals surface area contributed by atoms with E-state index >= 15 is 0 Å². The molecule has 0 bridgehead atoms. The summed E-state index contributed by atoms with van der Waals surface area (Å²) < 4.78 is 39.1. The van der Waals surface area contributed by atoms with E-state index in [1.54, 1.807) is 64.4 Å². The van der Waals surface area contributed by atoms with E-state index in [2.05, 4.69) is 4.98 Å². The summed E-state index contributed by atoms with van der Waals surface area (Å²) in [5.74, 6) is 0.252. The average Bonchev–Trinajstić information content (AvgIpc) is 3.59. The molecule has 1 amide bonds. The number of benzene rings is 2. The van der Waals surface area contributed by atoms with Crippen LogP contribution in [0, 0.1) is 0 Å². The third kappa shape index (κ3) is 6.17. The van der Waals surface area contributed by atoms with Crippen LogP contribution in [0.2, 0.25) is 0 Å². The van der Waals surface area contributed by atoms with Crippen LogP contribution >= 0.6 is 11.8 Å². The van der Waals surface area contributed by atoms with Crippen LogP contribution in [0.4, 0.5) is 4.79 Å². The van der Waals surface area contributed by atoms with Crippen molar-refractivity contribution < 1.29 is 27.5 Å². The van der Waals surface area contributed by atoms with Crippen LogP contribution in [0.5, 0.6) is 5.75 Å². The van der Waals surface area contributed by atoms with Crippen molar-refractivity contribution in [2.75, 3.05) is 11.5 Å². The Labute approximate surface area is 249 Å². The molecule has 0 radical (unpaired) electrons. The maximum atomic E-state index is 14.2. The molecule has 5 rings (SSSR count). The summed E-state index contributed by atoms with van der Waals surface area (Å²) in [5, 5.41) is -0.0312. The van der Waals surface area contributed by atoms with Gasteiger partial charge in [-0.15, -0.1) is 11.8 Å². The fourth-order valence-electron chi connectivity index (χ4n) is 4.78. The van der Waals surface area contributed by atoms with Gasteiger partial charge >= 0.3 is 6.09 Å². The maximum Gasteiger partial charge on any atom is 0.412 e. The van der Waals surface area contributed by atoms with Crippen LogP contribution in [0.25, 0.3) is 10.9 Å². The molecule has 1 unspecified atom stereocenters. The lowest BCUT2D eigenvalue weighted by molar-refractivity contribution is 0.0173. The first-order chi connectivity index (χ1) is 20.0. The quantitative estimate of drug-likeness (QED) is 0.223. The molecule has 9 nitrogen and oxygen atoms in total. The zero-order valence-electron chi connectivity index (χ0n) is 23.9. The van der Waals surface area contributed by atoms with Crippen molar-refractivity contribution in [1.82, 2.24) is 13.9 Å². The van der Waals surface area contributed by atoms with E-state index in [0.717, 1.165) is 15.1 Å². The van der Waals surface area contributed by atoms with Crippen molar-refractivity contribution in [3.63, 3.8) is 0 Å². The minimum absolute atomic E-state index is 0.161. The van der Waals surface area contributed by atoms with Crippen molar-refractivity contribution in [1.29, 1.82) is 0 Å². The number of pyridine rings is 1. The predicted octanol–water partition coefficient (Wildman–Crippen LogP) is 6.05. The zero-order valence-corrected chi connectivity index (χ0v) is 25.5. The van der Waals surface area contributed by atoms with Crippen LogP contribution in [0.1, 0.15) is 54.6 Å². The first-order valence-corrected chi connectivity index (χ1v) is 16.3. The number of fused-ring (bicyclic) bond motifs is 1. The largest absolute Gasteiger partial charge is 0.489 e. The molecule has 1 fully saturated rings. The van der Waals surface area contributed by atoms with E-state index in [1.807, 2.05) is 36.4 Å². The Bertz CT molecular complexity index is 1700. The minimum Gasteiger partial charge on any atom is -0.489 e. The second kappa shape index (κ2) is 11.8. The van der Waals surface area contributed by atoms with Gasteiger partial charge in [0.25, 0.3) is 0 Å². The second-order valence-electron chi connectivity index (χ2n) is 10.9. The van der Waals surface area contributed by atoms with Crippen molar-refractivity contribution >= 4 is 44.6 Å². The molecule has 1 aliphatic rings. The number of hydrogen-bond acceptors (Lipinski definition) is 8. The first kappa shape index (κ1) is 29.7. The molecule has 0 N–H and O–H groups in total. The van der Waals surface area contributed by atoms with Crippen molar-refractivity contribution in [3.8, 4) is 5.75 Å². The van der Waals surface area contributed by atoms with Crippen LogP contribution in [0.3, 0.4) is 0 Å². The molecule has 0 spiro atoms. The van der Waals surface area contributed by atoms with Gasteiger partial charge in [-0.25, -0.2) is 17.2 Å². The fraction of sp³-hybridized carbons (Fsp3) is 0.323. The smallest absolute Gasteiger partial charge is 0.412 e. The van der Waals surface area contributed by atoms with Gasteiger partial charge < -0.3 is 9.47 Å². The topological polar surface area (TPSA) is 108 Å². The van der Waals surface area contributed by atoms with Crippen LogP contribution in [-0.4, -0.2) is 57.3 Å². The number of ketones is 1. The number of carbonyl (C=O) groups excluding carboxylic acids is 2. The standard InChI is InChI=1S/C31H33N3O6S2/c1-5-42(37,38)33-18-25(24-14-13-23(16-26(24)33)39-19-21-10-7-6-8-11-21)28(35)27-20-41-29(22-12-9-15-32-17-22)34(27)30(36)40-31(2,3)4/h6-18,27,29H,5,19-20H2,1-4H3/t27-,29?/m0/s1. The Hall–Kier alpha value is -3.83. The van der Waals surface area contributed by atoms with Gasteiger partial charge in [-0.05, 0) is 51.5 Å². The van der Waals surface area contributed by atoms with E-state index in [0.29, 0.717) is 29.0 Å². The predicted molar refractivity (Wildman–Crippen MR) is 163 cm³/mol. The summed E-state index contributed by atoms with van der Waals surface area (Å²) in [6.07, 6.45) is 4.05. The molecule has 0 saturated carbocycles. The molecule has 0 aliphatic carbocycles. The number of aromatic nitrogens is 2. The van der Waals surface area contributed by atoms with Crippen molar-refractivity contribution in [2.24, 2.45) is 0 Å². The number of rotatable bonds is 8. The Morgan fingerprint density at radius 2 is 1.83 bits per heavy atom. The molecule has 2 aromatic carbocycles. The monoisotopic (exact) mass is 607 g/mol. The lowest BCUT2D eigenvalue weighted by atomic mass is 10.0. The third-order valence-corrected chi connectivity index (χ3v) is 9.75. The first-order valence-electron chi connectivity index (χ1n) is 13.6. The van der Waals surface area contributed by atoms with Crippen LogP contribution in [-0.2, 0) is 21.4 Å². The summed E-state index contributed by atoms with van der Waals surface area (Å²) in [6, 6.07) is 17.4. The number of amides is 1. The third-order valence-electron chi connectivity index (χ3n) is 6.80. The van der Waals surface area contributed by atoms with E-state index in [4.69, 9.17) is 9.47 Å². The summed E-state index contributed by atoms with van der Waals surface area (Å²) in [6.45, 7) is 7.16. The molecule has 2 atom stereocenters. The molecule has 4 aromatic rings. The van der Waals surface area contributed by atoms with E-state index in [-0.39, 0.29) is 17.1 Å². The average molecular weight is 608 g/mol. The highest BCUT2D eigenvalue weighted by Gasteiger charge is 2.45. The van der Waals surface area contributed by atoms with Gasteiger partial charge in [0.2, 0.25) is 10.0 Å². The lowest BCUT2D eigenvalue weighted by Crippen LogP contribution is -2.45. The molecular weight excluding hydrogens is 574 g/mol. The fourth-order valence-corrected chi connectivity index (χ4v) is 7.18. The summed E-state index contributed by atoms with van der Waals surface area (Å²) in [4.78, 5) is 33.4. The number of Topliss-reactive ketones (excluding diaryl/α,β-unsaturated/α-hetero) is 1. The SMILES string of the molecule is CCS(=O)(=O)n1cc(C(=O)[C@@H]2CSC(c3cccnc3)N2C(=O)OC(C)(C)C)c2ccc(OCc3ccccc3)cc21. The van der Waals surface area contributed by atoms with Gasteiger partial charge in [-0.1, -0.05) is 36.4 Å². The molecule has 2 aromatic heterocycles. The van der Waals surface area contributed by atoms with Gasteiger partial charge in [-0.2, -0.15) is 0 Å². The summed E-state index contributed by atoms with van der Waals surface area (Å²) in [5.41, 5.74) is 1.50. The van der Waals surface area contributed by atoms with E-state index in [1.165, 1.54) is 22.9 Å². The highest BCUT2D eigenvalue weighted by molar-refractivity contribution is 7.99. The normalized spacial score (nSPS) is 17.4. The van der Waals surface area contributed by atoms with Gasteiger partial charge in [0.15, 0.2) is 5.78 Å². The van der Waals surface area contributed by atoms with Crippen LogP contribution in [0.15, 0.2) is 79.3 Å². The zero-order chi connectivity index (χ0) is 30.1. The van der Waals surface area contributed by atoms with Crippen molar-refractivity contribution in [3.05, 3.63) is 95.9 Å². The van der Waals surface area contributed by atoms with E-state index < -0.39 is 33.1 Å². The number of thioether (sulfide) groups is 1. The highest BCUT2D eigenvalue weighted by Crippen LogP contribution is 2.43. The lowest BCUT2D eigenvalue weighted by Gasteiger charge is -2.31. The minimum atomic E-state index is -3.76. The second-order valence-corrected chi connectivity index (χ2v) is 14.2. The molecule has 1 saturated heterocycles.